The monoisotopic (exact) mass is 302 g/mol. The van der Waals surface area contributed by atoms with Crippen molar-refractivity contribution in [2.75, 3.05) is 45.9 Å². The van der Waals surface area contributed by atoms with Crippen LogP contribution in [0.3, 0.4) is 0 Å². The summed E-state index contributed by atoms with van der Waals surface area (Å²) in [5.74, 6) is 0.252. The smallest absolute Gasteiger partial charge is 0.227 e. The van der Waals surface area contributed by atoms with Gasteiger partial charge in [0.25, 0.3) is 0 Å². The highest BCUT2D eigenvalue weighted by molar-refractivity contribution is 5.78. The molecule has 0 aliphatic carbocycles. The third-order valence-electron chi connectivity index (χ3n) is 4.71. The second-order valence-electron chi connectivity index (χ2n) is 7.12. The number of nitrogens with zero attached hydrogens (tertiary/aromatic N) is 2. The van der Waals surface area contributed by atoms with E-state index in [2.05, 4.69) is 43.0 Å². The number of benzene rings is 1. The van der Waals surface area contributed by atoms with Crippen molar-refractivity contribution >= 4 is 5.91 Å². The van der Waals surface area contributed by atoms with Gasteiger partial charge >= 0.3 is 0 Å². The predicted octanol–water partition coefficient (Wildman–Crippen LogP) is 1.72. The minimum Gasteiger partial charge on any atom is -0.380 e. The summed E-state index contributed by atoms with van der Waals surface area (Å²) in [4.78, 5) is 16.9. The Morgan fingerprint density at radius 3 is 2.32 bits per heavy atom. The molecule has 0 bridgehead atoms. The lowest BCUT2D eigenvalue weighted by atomic mass is 9.88. The Bertz CT molecular complexity index is 514. The van der Waals surface area contributed by atoms with Crippen LogP contribution in [0.15, 0.2) is 24.3 Å². The molecule has 2 heterocycles. The summed E-state index contributed by atoms with van der Waals surface area (Å²) in [6.07, 6.45) is 0.520. The Morgan fingerprint density at radius 2 is 1.77 bits per heavy atom. The van der Waals surface area contributed by atoms with E-state index in [0.29, 0.717) is 11.8 Å². The van der Waals surface area contributed by atoms with E-state index in [1.54, 1.807) is 0 Å². The van der Waals surface area contributed by atoms with Crippen molar-refractivity contribution in [1.82, 2.24) is 9.80 Å². The molecule has 2 saturated heterocycles. The van der Waals surface area contributed by atoms with Crippen LogP contribution in [0.25, 0.3) is 0 Å². The molecule has 4 heteroatoms. The van der Waals surface area contributed by atoms with Crippen molar-refractivity contribution in [2.45, 2.75) is 20.3 Å². The molecule has 3 rings (SSSR count). The molecule has 22 heavy (non-hydrogen) atoms. The van der Waals surface area contributed by atoms with Gasteiger partial charge in [-0.3, -0.25) is 9.69 Å². The molecule has 0 N–H and O–H groups in total. The van der Waals surface area contributed by atoms with E-state index in [1.807, 2.05) is 4.90 Å². The van der Waals surface area contributed by atoms with E-state index in [4.69, 9.17) is 4.74 Å². The van der Waals surface area contributed by atoms with Crippen LogP contribution in [0.2, 0.25) is 0 Å². The number of carbonyl (C=O) groups excluding carboxylic acids is 1. The number of carbonyl (C=O) groups is 1. The van der Waals surface area contributed by atoms with Gasteiger partial charge in [0.2, 0.25) is 5.91 Å². The molecule has 0 aromatic heterocycles. The van der Waals surface area contributed by atoms with Crippen molar-refractivity contribution in [3.8, 4) is 0 Å². The Balaban J connectivity index is 1.46. The average molecular weight is 302 g/mol. The third-order valence-corrected chi connectivity index (χ3v) is 4.71. The van der Waals surface area contributed by atoms with Crippen molar-refractivity contribution in [2.24, 2.45) is 5.41 Å². The molecular weight excluding hydrogens is 276 g/mol. The summed E-state index contributed by atoms with van der Waals surface area (Å²) in [7, 11) is 0. The summed E-state index contributed by atoms with van der Waals surface area (Å²) >= 11 is 0. The summed E-state index contributed by atoms with van der Waals surface area (Å²) in [6.45, 7) is 10.9. The predicted molar refractivity (Wildman–Crippen MR) is 86.8 cm³/mol. The first-order valence-corrected chi connectivity index (χ1v) is 8.18. The SMILES string of the molecule is Cc1ccc(CC(=O)N2CCN(CC3(C)COC3)CC2)cc1. The number of amides is 1. The van der Waals surface area contributed by atoms with Gasteiger partial charge in [0.1, 0.15) is 0 Å². The lowest BCUT2D eigenvalue weighted by molar-refractivity contribution is -0.135. The maximum absolute atomic E-state index is 12.4. The van der Waals surface area contributed by atoms with Crippen LogP contribution in [0, 0.1) is 12.3 Å². The molecule has 0 atom stereocenters. The average Bonchev–Trinajstić information content (AvgIpc) is 2.49. The molecule has 0 radical (unpaired) electrons. The Labute approximate surface area is 133 Å². The minimum atomic E-state index is 0.252. The first kappa shape index (κ1) is 15.5. The highest BCUT2D eigenvalue weighted by atomic mass is 16.5. The molecule has 0 spiro atoms. The molecule has 120 valence electrons. The van der Waals surface area contributed by atoms with Gasteiger partial charge < -0.3 is 9.64 Å². The zero-order chi connectivity index (χ0) is 15.6. The van der Waals surface area contributed by atoms with Gasteiger partial charge in [-0.2, -0.15) is 0 Å². The third kappa shape index (κ3) is 3.68. The molecule has 4 nitrogen and oxygen atoms in total. The number of rotatable bonds is 4. The van der Waals surface area contributed by atoms with Gasteiger partial charge in [-0.1, -0.05) is 36.8 Å². The molecular formula is C18H26N2O2. The van der Waals surface area contributed by atoms with Crippen LogP contribution < -0.4 is 0 Å². The lowest BCUT2D eigenvalue weighted by Gasteiger charge is -2.44. The van der Waals surface area contributed by atoms with Gasteiger partial charge in [0.05, 0.1) is 19.6 Å². The van der Waals surface area contributed by atoms with Gasteiger partial charge in [-0.25, -0.2) is 0 Å². The van der Waals surface area contributed by atoms with E-state index in [-0.39, 0.29) is 5.91 Å². The van der Waals surface area contributed by atoms with Gasteiger partial charge in [0.15, 0.2) is 0 Å². The number of aryl methyl sites for hydroxylation is 1. The molecule has 0 unspecified atom stereocenters. The summed E-state index contributed by atoms with van der Waals surface area (Å²) in [5.41, 5.74) is 2.67. The van der Waals surface area contributed by atoms with Gasteiger partial charge in [-0.15, -0.1) is 0 Å². The maximum atomic E-state index is 12.4. The van der Waals surface area contributed by atoms with E-state index in [1.165, 1.54) is 5.56 Å². The normalized spacial score (nSPS) is 21.5. The lowest BCUT2D eigenvalue weighted by Crippen LogP contribution is -2.55. The van der Waals surface area contributed by atoms with Crippen LogP contribution in [0.4, 0.5) is 0 Å². The fraction of sp³-hybridized carbons (Fsp3) is 0.611. The van der Waals surface area contributed by atoms with Crippen LogP contribution in [-0.4, -0.2) is 61.6 Å². The van der Waals surface area contributed by atoms with Gasteiger partial charge in [-0.05, 0) is 12.5 Å². The standard InChI is InChI=1S/C18H26N2O2/c1-15-3-5-16(6-4-15)11-17(21)20-9-7-19(8-10-20)12-18(2)13-22-14-18/h3-6H,7-14H2,1-2H3. The molecule has 1 amide bonds. The fourth-order valence-corrected chi connectivity index (χ4v) is 3.23. The minimum absolute atomic E-state index is 0.252. The zero-order valence-electron chi connectivity index (χ0n) is 13.7. The molecule has 2 aliphatic rings. The van der Waals surface area contributed by atoms with Crippen LogP contribution in [0.1, 0.15) is 18.1 Å². The maximum Gasteiger partial charge on any atom is 0.227 e. The van der Waals surface area contributed by atoms with E-state index >= 15 is 0 Å². The van der Waals surface area contributed by atoms with Crippen molar-refractivity contribution < 1.29 is 9.53 Å². The number of ether oxygens (including phenoxy) is 1. The summed E-state index contributed by atoms with van der Waals surface area (Å²) < 4.78 is 5.32. The number of hydrogen-bond acceptors (Lipinski definition) is 3. The van der Waals surface area contributed by atoms with E-state index in [9.17, 15) is 4.79 Å². The van der Waals surface area contributed by atoms with Crippen molar-refractivity contribution in [1.29, 1.82) is 0 Å². The van der Waals surface area contributed by atoms with Crippen LogP contribution in [0.5, 0.6) is 0 Å². The largest absolute Gasteiger partial charge is 0.380 e. The second kappa shape index (κ2) is 6.39. The van der Waals surface area contributed by atoms with Gasteiger partial charge in [0, 0.05) is 38.1 Å². The molecule has 1 aromatic carbocycles. The quantitative estimate of drug-likeness (QED) is 0.849. The van der Waals surface area contributed by atoms with Crippen molar-refractivity contribution in [3.05, 3.63) is 35.4 Å². The Kier molecular flexibility index (Phi) is 4.50. The fourth-order valence-electron chi connectivity index (χ4n) is 3.23. The number of piperazine rings is 1. The van der Waals surface area contributed by atoms with E-state index < -0.39 is 0 Å². The Morgan fingerprint density at radius 1 is 1.14 bits per heavy atom. The van der Waals surface area contributed by atoms with E-state index in [0.717, 1.165) is 51.5 Å². The van der Waals surface area contributed by atoms with Crippen LogP contribution in [-0.2, 0) is 16.0 Å². The molecule has 2 fully saturated rings. The second-order valence-corrected chi connectivity index (χ2v) is 7.12. The number of hydrogen-bond donors (Lipinski definition) is 0. The topological polar surface area (TPSA) is 32.8 Å². The highest BCUT2D eigenvalue weighted by Crippen LogP contribution is 2.27. The first-order valence-electron chi connectivity index (χ1n) is 8.18. The molecule has 0 saturated carbocycles. The first-order chi connectivity index (χ1) is 10.5. The highest BCUT2D eigenvalue weighted by Gasteiger charge is 2.36. The summed E-state index contributed by atoms with van der Waals surface area (Å²) in [6, 6.07) is 8.26. The Hall–Kier alpha value is -1.39. The molecule has 1 aromatic rings. The van der Waals surface area contributed by atoms with Crippen molar-refractivity contribution in [3.63, 3.8) is 0 Å². The zero-order valence-corrected chi connectivity index (χ0v) is 13.7. The molecule has 2 aliphatic heterocycles. The summed E-state index contributed by atoms with van der Waals surface area (Å²) in [5, 5.41) is 0. The van der Waals surface area contributed by atoms with Crippen LogP contribution >= 0.6 is 0 Å².